The van der Waals surface area contributed by atoms with Crippen LogP contribution in [0.4, 0.5) is 0 Å². The minimum atomic E-state index is -0.0839. The maximum absolute atomic E-state index is 10.2. The molecule has 0 aromatic heterocycles. The molecule has 0 amide bonds. The second-order valence-corrected chi connectivity index (χ2v) is 24.8. The fraction of sp³-hybridized carbons (Fsp3) is 0.862. The molecule has 8 rings (SSSR count). The Morgan fingerprint density at radius 3 is 1.28 bits per heavy atom. The van der Waals surface area contributed by atoms with Gasteiger partial charge in [-0.3, -0.25) is 0 Å². The molecule has 0 saturated heterocycles. The molecule has 0 spiro atoms. The van der Waals surface area contributed by atoms with E-state index in [4.69, 9.17) is 0 Å². The minimum absolute atomic E-state index is 0.0839. The predicted molar refractivity (Wildman–Crippen MR) is 256 cm³/mol. The Morgan fingerprint density at radius 2 is 0.933 bits per heavy atom. The molecule has 6 saturated carbocycles. The monoisotopic (exact) mass is 825 g/mol. The highest BCUT2D eigenvalue weighted by atomic mass is 16.3. The summed E-state index contributed by atoms with van der Waals surface area (Å²) in [6.45, 7) is 29.5. The summed E-state index contributed by atoms with van der Waals surface area (Å²) in [7, 11) is 0. The van der Waals surface area contributed by atoms with Crippen molar-refractivity contribution in [1.29, 1.82) is 0 Å². The normalized spacial score (nSPS) is 44.9. The van der Waals surface area contributed by atoms with Crippen LogP contribution in [0.3, 0.4) is 0 Å². The average Bonchev–Trinajstić information content (AvgIpc) is 3.75. The van der Waals surface area contributed by atoms with Crippen molar-refractivity contribution in [3.8, 4) is 0 Å². The highest BCUT2D eigenvalue weighted by molar-refractivity contribution is 5.27. The third kappa shape index (κ3) is 8.46. The van der Waals surface area contributed by atoms with Gasteiger partial charge in [-0.1, -0.05) is 116 Å². The zero-order valence-electron chi connectivity index (χ0n) is 41.4. The summed E-state index contributed by atoms with van der Waals surface area (Å²) >= 11 is 0. The van der Waals surface area contributed by atoms with Crippen LogP contribution in [0.2, 0.25) is 0 Å². The molecule has 2 heteroatoms. The fourth-order valence-corrected chi connectivity index (χ4v) is 18.0. The molecule has 0 unspecified atom stereocenters. The topological polar surface area (TPSA) is 40.5 Å². The van der Waals surface area contributed by atoms with E-state index in [0.717, 1.165) is 84.9 Å². The molecule has 0 aromatic rings. The van der Waals surface area contributed by atoms with E-state index in [1.54, 1.807) is 22.3 Å². The first-order chi connectivity index (χ1) is 28.4. The number of hydrogen-bond acceptors (Lipinski definition) is 2. The maximum atomic E-state index is 10.2. The molecule has 60 heavy (non-hydrogen) atoms. The highest BCUT2D eigenvalue weighted by Gasteiger charge is 2.60. The minimum Gasteiger partial charge on any atom is -0.393 e. The lowest BCUT2D eigenvalue weighted by molar-refractivity contribution is -0.0571. The van der Waals surface area contributed by atoms with Crippen molar-refractivity contribution < 1.29 is 10.2 Å². The van der Waals surface area contributed by atoms with Gasteiger partial charge in [-0.05, 0) is 235 Å². The van der Waals surface area contributed by atoms with Crippen molar-refractivity contribution in [2.24, 2.45) is 92.7 Å². The van der Waals surface area contributed by atoms with Gasteiger partial charge in [0.1, 0.15) is 0 Å². The van der Waals surface area contributed by atoms with E-state index in [1.807, 2.05) is 0 Å². The molecule has 6 fully saturated rings. The van der Waals surface area contributed by atoms with Gasteiger partial charge in [-0.2, -0.15) is 0 Å². The Bertz CT molecular complexity index is 1490. The third-order valence-electron chi connectivity index (χ3n) is 21.7. The van der Waals surface area contributed by atoms with Gasteiger partial charge in [-0.25, -0.2) is 0 Å². The first-order valence-corrected chi connectivity index (χ1v) is 26.5. The molecule has 8 aliphatic carbocycles. The molecule has 0 radical (unpaired) electrons. The van der Waals surface area contributed by atoms with Crippen LogP contribution >= 0.6 is 0 Å². The summed E-state index contributed by atoms with van der Waals surface area (Å²) in [6.07, 6.45) is 35.6. The molecular weight excluding hydrogens is 729 g/mol. The van der Waals surface area contributed by atoms with Gasteiger partial charge in [0.15, 0.2) is 0 Å². The summed E-state index contributed by atoms with van der Waals surface area (Å²) < 4.78 is 0. The smallest absolute Gasteiger partial charge is 0.0577 e. The molecule has 0 aliphatic heterocycles. The van der Waals surface area contributed by atoms with Crippen molar-refractivity contribution >= 4 is 0 Å². The SMILES string of the molecule is C/C=C(/CC[C@@H](C)[C@H]1CC[C@H]2[C@@H]3CC=C4C[C@@H](O)CC[C@]4(C)[C@H]3CC[C@]12C)C(C)C.C/C=C(/CC[C@@H](C)[C@H]1CC[C@H]2[C@@H]3CC=C4C[C@@H](O)CC[C@]4(C)[C@H]3CC[C@]12C)C(C)C. The fourth-order valence-electron chi connectivity index (χ4n) is 18.0. The molecule has 2 nitrogen and oxygen atoms in total. The summed E-state index contributed by atoms with van der Waals surface area (Å²) in [6, 6.07) is 0. The lowest BCUT2D eigenvalue weighted by Gasteiger charge is -2.58. The molecule has 0 heterocycles. The molecular formula is C58H96O2. The molecule has 16 atom stereocenters. The Hall–Kier alpha value is -1.12. The van der Waals surface area contributed by atoms with Crippen molar-refractivity contribution in [2.45, 2.75) is 224 Å². The van der Waals surface area contributed by atoms with Crippen LogP contribution in [0.25, 0.3) is 0 Å². The first-order valence-electron chi connectivity index (χ1n) is 26.5. The van der Waals surface area contributed by atoms with Gasteiger partial charge in [0.25, 0.3) is 0 Å². The van der Waals surface area contributed by atoms with Crippen LogP contribution in [0.15, 0.2) is 46.6 Å². The second kappa shape index (κ2) is 18.4. The standard InChI is InChI=1S/2C29H48O/c2*1-7-21(19(2)3)9-8-20(4)25-12-13-26-24-11-10-22-18-23(30)14-16-28(22,5)27(24)15-17-29(25,26)6/h2*7,10,19-20,23-27,30H,8-9,11-18H2,1-6H3/b2*21-7-/t2*20-,23+,24+,25-,26+,27+,28+,29-/m11/s1. The number of rotatable bonds is 10. The predicted octanol–water partition coefficient (Wildman–Crippen LogP) is 15.9. The van der Waals surface area contributed by atoms with E-state index in [-0.39, 0.29) is 12.2 Å². The molecule has 8 aliphatic rings. The van der Waals surface area contributed by atoms with Crippen LogP contribution in [0.1, 0.15) is 212 Å². The van der Waals surface area contributed by atoms with Crippen molar-refractivity contribution in [3.63, 3.8) is 0 Å². The molecule has 0 bridgehead atoms. The van der Waals surface area contributed by atoms with Crippen LogP contribution in [-0.2, 0) is 0 Å². The average molecular weight is 825 g/mol. The highest BCUT2D eigenvalue weighted by Crippen LogP contribution is 2.69. The quantitative estimate of drug-likeness (QED) is 0.215. The van der Waals surface area contributed by atoms with Crippen LogP contribution < -0.4 is 0 Å². The van der Waals surface area contributed by atoms with Gasteiger partial charge in [0.05, 0.1) is 12.2 Å². The molecule has 340 valence electrons. The third-order valence-corrected chi connectivity index (χ3v) is 21.7. The van der Waals surface area contributed by atoms with Gasteiger partial charge in [-0.15, -0.1) is 0 Å². The summed E-state index contributed by atoms with van der Waals surface area (Å²) in [5, 5.41) is 20.5. The lowest BCUT2D eigenvalue weighted by atomic mass is 9.47. The zero-order valence-corrected chi connectivity index (χ0v) is 41.4. The van der Waals surface area contributed by atoms with Gasteiger partial charge in [0, 0.05) is 0 Å². The first kappa shape index (κ1) is 46.9. The molecule has 2 N–H and O–H groups in total. The van der Waals surface area contributed by atoms with E-state index in [0.29, 0.717) is 33.5 Å². The van der Waals surface area contributed by atoms with Gasteiger partial charge >= 0.3 is 0 Å². The lowest BCUT2D eigenvalue weighted by Crippen LogP contribution is -2.50. The molecule has 0 aromatic carbocycles. The van der Waals surface area contributed by atoms with Crippen LogP contribution in [0, 0.1) is 92.7 Å². The Morgan fingerprint density at radius 1 is 0.550 bits per heavy atom. The van der Waals surface area contributed by atoms with E-state index < -0.39 is 0 Å². The summed E-state index contributed by atoms with van der Waals surface area (Å²) in [4.78, 5) is 0. The number of aliphatic hydroxyl groups is 2. The number of fused-ring (bicyclic) bond motifs is 10. The van der Waals surface area contributed by atoms with Crippen molar-refractivity contribution in [2.75, 3.05) is 0 Å². The second-order valence-electron chi connectivity index (χ2n) is 24.8. The van der Waals surface area contributed by atoms with Crippen LogP contribution in [0.5, 0.6) is 0 Å². The van der Waals surface area contributed by atoms with E-state index >= 15 is 0 Å². The Labute approximate surface area is 371 Å². The van der Waals surface area contributed by atoms with Crippen molar-refractivity contribution in [1.82, 2.24) is 0 Å². The van der Waals surface area contributed by atoms with Crippen LogP contribution in [-0.4, -0.2) is 22.4 Å². The van der Waals surface area contributed by atoms with E-state index in [1.165, 1.54) is 103 Å². The summed E-state index contributed by atoms with van der Waals surface area (Å²) in [5.41, 5.74) is 8.42. The summed E-state index contributed by atoms with van der Waals surface area (Å²) in [5.74, 6) is 10.3. The number of hydrogen-bond donors (Lipinski definition) is 2. The Balaban J connectivity index is 0.000000181. The number of allylic oxidation sites excluding steroid dienone is 6. The van der Waals surface area contributed by atoms with Gasteiger partial charge < -0.3 is 10.2 Å². The Kier molecular flexibility index (Phi) is 14.4. The van der Waals surface area contributed by atoms with Crippen molar-refractivity contribution in [3.05, 3.63) is 46.6 Å². The van der Waals surface area contributed by atoms with E-state index in [9.17, 15) is 10.2 Å². The zero-order chi connectivity index (χ0) is 43.4. The number of aliphatic hydroxyl groups excluding tert-OH is 2. The van der Waals surface area contributed by atoms with Gasteiger partial charge in [0.2, 0.25) is 0 Å². The maximum Gasteiger partial charge on any atom is 0.0577 e. The van der Waals surface area contributed by atoms with E-state index in [2.05, 4.69) is 107 Å². The largest absolute Gasteiger partial charge is 0.393 e.